The van der Waals surface area contributed by atoms with E-state index in [1.807, 2.05) is 24.3 Å². The van der Waals surface area contributed by atoms with E-state index < -0.39 is 0 Å². The number of hydrogen-bond donors (Lipinski definition) is 1. The van der Waals surface area contributed by atoms with Gasteiger partial charge in [0.25, 0.3) is 0 Å². The van der Waals surface area contributed by atoms with Gasteiger partial charge >= 0.3 is 0 Å². The van der Waals surface area contributed by atoms with E-state index in [1.54, 1.807) is 20.3 Å². The Morgan fingerprint density at radius 1 is 0.950 bits per heavy atom. The number of hydrogen-bond acceptors (Lipinski definition) is 3. The predicted molar refractivity (Wildman–Crippen MR) is 77.8 cm³/mol. The van der Waals surface area contributed by atoms with Crippen molar-refractivity contribution in [3.05, 3.63) is 53.6 Å². The Kier molecular flexibility index (Phi) is 3.26. The van der Waals surface area contributed by atoms with Crippen molar-refractivity contribution in [2.45, 2.75) is 18.3 Å². The molecule has 2 aromatic rings. The highest BCUT2D eigenvalue weighted by Crippen LogP contribution is 2.57. The molecule has 2 atom stereocenters. The highest BCUT2D eigenvalue weighted by Gasteiger charge is 2.41. The fraction of sp³-hybridized carbons (Fsp3) is 0.294. The van der Waals surface area contributed by atoms with Gasteiger partial charge in [-0.2, -0.15) is 0 Å². The zero-order valence-electron chi connectivity index (χ0n) is 11.7. The van der Waals surface area contributed by atoms with E-state index in [0.717, 1.165) is 17.7 Å². The molecule has 104 valence electrons. The van der Waals surface area contributed by atoms with Gasteiger partial charge < -0.3 is 14.6 Å². The third kappa shape index (κ3) is 2.20. The van der Waals surface area contributed by atoms with Crippen molar-refractivity contribution < 1.29 is 14.6 Å². The van der Waals surface area contributed by atoms with Crippen molar-refractivity contribution in [3.63, 3.8) is 0 Å². The fourth-order valence-electron chi connectivity index (χ4n) is 2.76. The minimum Gasteiger partial charge on any atom is -0.504 e. The van der Waals surface area contributed by atoms with Crippen molar-refractivity contribution in [1.82, 2.24) is 0 Å². The van der Waals surface area contributed by atoms with Crippen LogP contribution < -0.4 is 9.47 Å². The van der Waals surface area contributed by atoms with Crippen LogP contribution in [-0.2, 0) is 0 Å². The second-order valence-electron chi connectivity index (χ2n) is 5.12. The summed E-state index contributed by atoms with van der Waals surface area (Å²) in [5.74, 6) is 2.53. The Hall–Kier alpha value is -2.16. The smallest absolute Gasteiger partial charge is 0.161 e. The van der Waals surface area contributed by atoms with Gasteiger partial charge in [0.15, 0.2) is 11.5 Å². The van der Waals surface area contributed by atoms with Gasteiger partial charge in [0.1, 0.15) is 5.75 Å². The molecule has 0 heterocycles. The Balaban J connectivity index is 1.81. The van der Waals surface area contributed by atoms with E-state index in [2.05, 4.69) is 12.1 Å². The Bertz CT molecular complexity index is 604. The number of aromatic hydroxyl groups is 1. The summed E-state index contributed by atoms with van der Waals surface area (Å²) in [5, 5.41) is 10.2. The fourth-order valence-corrected chi connectivity index (χ4v) is 2.76. The van der Waals surface area contributed by atoms with Crippen LogP contribution in [0.5, 0.6) is 17.2 Å². The summed E-state index contributed by atoms with van der Waals surface area (Å²) in [6.45, 7) is 0. The van der Waals surface area contributed by atoms with Gasteiger partial charge in [0, 0.05) is 5.56 Å². The lowest BCUT2D eigenvalue weighted by molar-refractivity contribution is 0.370. The molecule has 0 bridgehead atoms. The normalized spacial score (nSPS) is 20.5. The average Bonchev–Trinajstić information content (AvgIpc) is 3.28. The molecule has 1 aliphatic carbocycles. The second kappa shape index (κ2) is 5.08. The number of para-hydroxylation sites is 1. The van der Waals surface area contributed by atoms with Crippen LogP contribution >= 0.6 is 0 Å². The average molecular weight is 270 g/mol. The first kappa shape index (κ1) is 12.9. The molecule has 0 radical (unpaired) electrons. The van der Waals surface area contributed by atoms with E-state index in [9.17, 15) is 5.11 Å². The monoisotopic (exact) mass is 270 g/mol. The van der Waals surface area contributed by atoms with Crippen LogP contribution in [0.4, 0.5) is 0 Å². The van der Waals surface area contributed by atoms with E-state index >= 15 is 0 Å². The number of phenols is 1. The lowest BCUT2D eigenvalue weighted by Crippen LogP contribution is -1.90. The second-order valence-corrected chi connectivity index (χ2v) is 5.12. The van der Waals surface area contributed by atoms with Gasteiger partial charge in [-0.05, 0) is 42.0 Å². The maximum atomic E-state index is 10.2. The molecule has 3 nitrogen and oxygen atoms in total. The van der Waals surface area contributed by atoms with Crippen LogP contribution in [0.15, 0.2) is 42.5 Å². The molecular formula is C17H18O3. The van der Waals surface area contributed by atoms with Gasteiger partial charge in [-0.15, -0.1) is 0 Å². The molecule has 0 spiro atoms. The Morgan fingerprint density at radius 2 is 1.70 bits per heavy atom. The van der Waals surface area contributed by atoms with Crippen molar-refractivity contribution >= 4 is 0 Å². The summed E-state index contributed by atoms with van der Waals surface area (Å²) >= 11 is 0. The number of benzene rings is 2. The van der Waals surface area contributed by atoms with Gasteiger partial charge in [-0.25, -0.2) is 0 Å². The predicted octanol–water partition coefficient (Wildman–Crippen LogP) is 3.68. The van der Waals surface area contributed by atoms with Crippen molar-refractivity contribution in [3.8, 4) is 17.2 Å². The highest BCUT2D eigenvalue weighted by molar-refractivity contribution is 5.51. The van der Waals surface area contributed by atoms with Gasteiger partial charge in [-0.3, -0.25) is 0 Å². The van der Waals surface area contributed by atoms with Crippen LogP contribution in [0.25, 0.3) is 0 Å². The van der Waals surface area contributed by atoms with Crippen molar-refractivity contribution in [1.29, 1.82) is 0 Å². The van der Waals surface area contributed by atoms with Crippen LogP contribution in [0.2, 0.25) is 0 Å². The first-order valence-corrected chi connectivity index (χ1v) is 6.74. The number of rotatable bonds is 4. The number of ether oxygens (including phenoxy) is 2. The summed E-state index contributed by atoms with van der Waals surface area (Å²) in [4.78, 5) is 0. The van der Waals surface area contributed by atoms with E-state index in [4.69, 9.17) is 9.47 Å². The summed E-state index contributed by atoms with van der Waals surface area (Å²) in [6, 6.07) is 13.8. The van der Waals surface area contributed by atoms with E-state index in [1.165, 1.54) is 5.56 Å². The molecule has 0 saturated heterocycles. The topological polar surface area (TPSA) is 38.7 Å². The summed E-state index contributed by atoms with van der Waals surface area (Å²) in [5.41, 5.74) is 2.27. The molecule has 1 fully saturated rings. The first-order valence-electron chi connectivity index (χ1n) is 6.74. The molecule has 1 saturated carbocycles. The molecule has 2 aromatic carbocycles. The first-order chi connectivity index (χ1) is 9.74. The minimum absolute atomic E-state index is 0.274. The SMILES string of the molecule is COc1ccc(C2CC2c2cccc(OC)c2O)cc1. The zero-order valence-corrected chi connectivity index (χ0v) is 11.7. The quantitative estimate of drug-likeness (QED) is 0.921. The molecule has 0 aromatic heterocycles. The third-order valence-electron chi connectivity index (χ3n) is 3.98. The van der Waals surface area contributed by atoms with Crippen LogP contribution in [0, 0.1) is 0 Å². The molecule has 3 rings (SSSR count). The molecule has 1 N–H and O–H groups in total. The maximum absolute atomic E-state index is 10.2. The van der Waals surface area contributed by atoms with Gasteiger partial charge in [0.05, 0.1) is 14.2 Å². The zero-order chi connectivity index (χ0) is 14.1. The molecule has 3 heteroatoms. The van der Waals surface area contributed by atoms with Crippen LogP contribution in [0.1, 0.15) is 29.4 Å². The highest BCUT2D eigenvalue weighted by atomic mass is 16.5. The molecule has 20 heavy (non-hydrogen) atoms. The summed E-state index contributed by atoms with van der Waals surface area (Å²) in [7, 11) is 3.25. The molecule has 0 amide bonds. The number of methoxy groups -OCH3 is 2. The standard InChI is InChI=1S/C17H18O3/c1-19-12-8-6-11(7-9-12)14-10-15(14)13-4-3-5-16(20-2)17(13)18/h3-9,14-15,18H,10H2,1-2H3. The lowest BCUT2D eigenvalue weighted by Gasteiger charge is -2.08. The third-order valence-corrected chi connectivity index (χ3v) is 3.98. The van der Waals surface area contributed by atoms with Gasteiger partial charge in [-0.1, -0.05) is 24.3 Å². The Morgan fingerprint density at radius 3 is 2.35 bits per heavy atom. The Labute approximate surface area is 118 Å². The minimum atomic E-state index is 0.274. The molecular weight excluding hydrogens is 252 g/mol. The van der Waals surface area contributed by atoms with Gasteiger partial charge in [0.2, 0.25) is 0 Å². The number of phenolic OH excluding ortho intramolecular Hbond substituents is 1. The largest absolute Gasteiger partial charge is 0.504 e. The lowest BCUT2D eigenvalue weighted by atomic mass is 10.0. The van der Waals surface area contributed by atoms with E-state index in [-0.39, 0.29) is 5.75 Å². The maximum Gasteiger partial charge on any atom is 0.161 e. The van der Waals surface area contributed by atoms with Crippen LogP contribution in [0.3, 0.4) is 0 Å². The molecule has 1 aliphatic rings. The summed E-state index contributed by atoms with van der Waals surface area (Å²) in [6.07, 6.45) is 1.06. The van der Waals surface area contributed by atoms with Crippen molar-refractivity contribution in [2.24, 2.45) is 0 Å². The molecule has 0 aliphatic heterocycles. The van der Waals surface area contributed by atoms with Crippen LogP contribution in [-0.4, -0.2) is 19.3 Å². The summed E-state index contributed by atoms with van der Waals surface area (Å²) < 4.78 is 10.3. The molecule has 2 unspecified atom stereocenters. The van der Waals surface area contributed by atoms with E-state index in [0.29, 0.717) is 17.6 Å². The van der Waals surface area contributed by atoms with Crippen molar-refractivity contribution in [2.75, 3.05) is 14.2 Å².